The second kappa shape index (κ2) is 10.1. The van der Waals surface area contributed by atoms with E-state index >= 15 is 0 Å². The van der Waals surface area contributed by atoms with E-state index in [0.29, 0.717) is 0 Å². The topological polar surface area (TPSA) is 108 Å². The Hall–Kier alpha value is -3.93. The van der Waals surface area contributed by atoms with E-state index < -0.39 is 59.0 Å². The second-order valence-electron chi connectivity index (χ2n) is 9.50. The first-order chi connectivity index (χ1) is 17.9. The van der Waals surface area contributed by atoms with E-state index in [2.05, 4.69) is 10.6 Å². The van der Waals surface area contributed by atoms with E-state index in [1.165, 1.54) is 26.1 Å². The molecule has 0 saturated carbocycles. The minimum absolute atomic E-state index is 0.0754. The van der Waals surface area contributed by atoms with Crippen LogP contribution in [0.5, 0.6) is 0 Å². The molecule has 38 heavy (non-hydrogen) atoms. The summed E-state index contributed by atoms with van der Waals surface area (Å²) in [7, 11) is 4.00. The zero-order valence-electron chi connectivity index (χ0n) is 20.9. The lowest BCUT2D eigenvalue weighted by molar-refractivity contribution is -0.153. The normalized spacial score (nSPS) is 24.8. The summed E-state index contributed by atoms with van der Waals surface area (Å²) in [6, 6.07) is 11.5. The van der Waals surface area contributed by atoms with Gasteiger partial charge in [0.05, 0.1) is 24.5 Å². The molecule has 2 N–H and O–H groups in total. The highest BCUT2D eigenvalue weighted by molar-refractivity contribution is 6.09. The molecule has 4 amide bonds. The number of nitrogens with one attached hydrogen (secondary N) is 2. The number of halogens is 3. The van der Waals surface area contributed by atoms with Crippen LogP contribution in [0.15, 0.2) is 54.6 Å². The van der Waals surface area contributed by atoms with Crippen LogP contribution in [-0.4, -0.2) is 72.9 Å². The largest absolute Gasteiger partial charge is 0.468 e. The van der Waals surface area contributed by atoms with Crippen LogP contribution in [0.2, 0.25) is 0 Å². The Kier molecular flexibility index (Phi) is 7.20. The molecule has 9 nitrogen and oxygen atoms in total. The summed E-state index contributed by atoms with van der Waals surface area (Å²) in [6.45, 7) is -0.0754. The summed E-state index contributed by atoms with van der Waals surface area (Å²) in [5, 5.41) is 5.69. The number of likely N-dealkylation sites (tertiary alicyclic amines) is 1. The van der Waals surface area contributed by atoms with E-state index in [0.717, 1.165) is 34.7 Å². The number of amides is 4. The standard InChI is InChI=1S/C26H27F3N4O5/c1-32(24(37)30-17-11-9-16(10-12-17)26(27,28)29)14-18-19-20(22(35)33(2)21(19)34)25(31-18,23(36)38-3)13-15-7-5-4-6-8-15/h4-12,18-20,31H,13-14H2,1-3H3,(H,30,37)/t18-,19+,20-,25-/m1/s1. The van der Waals surface area contributed by atoms with Gasteiger partial charge >= 0.3 is 18.2 Å². The van der Waals surface area contributed by atoms with Crippen LogP contribution in [0.25, 0.3) is 0 Å². The predicted octanol–water partition coefficient (Wildman–Crippen LogP) is 2.53. The first-order valence-corrected chi connectivity index (χ1v) is 11.8. The number of carbonyl (C=O) groups is 4. The van der Waals surface area contributed by atoms with Gasteiger partial charge in [0.25, 0.3) is 0 Å². The van der Waals surface area contributed by atoms with Gasteiger partial charge in [-0.1, -0.05) is 30.3 Å². The Balaban J connectivity index is 1.58. The summed E-state index contributed by atoms with van der Waals surface area (Å²) in [5.41, 5.74) is -1.51. The Morgan fingerprint density at radius 2 is 1.71 bits per heavy atom. The monoisotopic (exact) mass is 532 g/mol. The van der Waals surface area contributed by atoms with Gasteiger partial charge in [0, 0.05) is 38.8 Å². The molecule has 2 heterocycles. The molecule has 12 heteroatoms. The molecule has 2 aromatic rings. The number of benzene rings is 2. The van der Waals surface area contributed by atoms with Crippen molar-refractivity contribution in [2.24, 2.45) is 11.8 Å². The van der Waals surface area contributed by atoms with Gasteiger partial charge in [0.15, 0.2) is 0 Å². The summed E-state index contributed by atoms with van der Waals surface area (Å²) in [4.78, 5) is 54.6. The van der Waals surface area contributed by atoms with Gasteiger partial charge in [-0.3, -0.25) is 24.6 Å². The number of esters is 1. The lowest BCUT2D eigenvalue weighted by atomic mass is 9.76. The first-order valence-electron chi connectivity index (χ1n) is 11.8. The molecule has 4 rings (SSSR count). The third-order valence-corrected chi connectivity index (χ3v) is 7.14. The first kappa shape index (κ1) is 27.1. The predicted molar refractivity (Wildman–Crippen MR) is 130 cm³/mol. The van der Waals surface area contributed by atoms with E-state index in [9.17, 15) is 32.3 Å². The lowest BCUT2D eigenvalue weighted by Crippen LogP contribution is -2.59. The molecule has 202 valence electrons. The average Bonchev–Trinajstić information content (AvgIpc) is 3.32. The molecule has 0 aliphatic carbocycles. The number of carbonyl (C=O) groups excluding carboxylic acids is 4. The highest BCUT2D eigenvalue weighted by atomic mass is 19.4. The van der Waals surface area contributed by atoms with Gasteiger partial charge in [0.2, 0.25) is 11.8 Å². The summed E-state index contributed by atoms with van der Waals surface area (Å²) in [5.74, 6) is -3.69. The third-order valence-electron chi connectivity index (χ3n) is 7.14. The maximum atomic E-state index is 13.2. The van der Waals surface area contributed by atoms with Crippen LogP contribution in [-0.2, 0) is 31.7 Å². The van der Waals surface area contributed by atoms with Crippen molar-refractivity contribution in [3.8, 4) is 0 Å². The van der Waals surface area contributed by atoms with E-state index in [-0.39, 0.29) is 18.7 Å². The quantitative estimate of drug-likeness (QED) is 0.438. The molecular formula is C26H27F3N4O5. The number of fused-ring (bicyclic) bond motifs is 1. The van der Waals surface area contributed by atoms with Crippen molar-refractivity contribution in [3.05, 3.63) is 65.7 Å². The molecule has 2 aliphatic rings. The minimum atomic E-state index is -4.51. The van der Waals surface area contributed by atoms with Crippen LogP contribution in [0.3, 0.4) is 0 Å². The number of hydrogen-bond donors (Lipinski definition) is 2. The highest BCUT2D eigenvalue weighted by Crippen LogP contribution is 2.45. The van der Waals surface area contributed by atoms with E-state index in [1.54, 1.807) is 24.3 Å². The number of methoxy groups -OCH3 is 1. The van der Waals surface area contributed by atoms with Crippen molar-refractivity contribution >= 4 is 29.5 Å². The summed E-state index contributed by atoms with van der Waals surface area (Å²) >= 11 is 0. The fourth-order valence-electron chi connectivity index (χ4n) is 5.29. The fraction of sp³-hybridized carbons (Fsp3) is 0.385. The number of hydrogen-bond acceptors (Lipinski definition) is 6. The zero-order chi connectivity index (χ0) is 27.8. The number of alkyl halides is 3. The molecule has 4 atom stereocenters. The lowest BCUT2D eigenvalue weighted by Gasteiger charge is -2.32. The molecule has 0 unspecified atom stereocenters. The second-order valence-corrected chi connectivity index (χ2v) is 9.50. The molecule has 2 aliphatic heterocycles. The van der Waals surface area contributed by atoms with Crippen LogP contribution in [0.4, 0.5) is 23.7 Å². The molecular weight excluding hydrogens is 505 g/mol. The van der Waals surface area contributed by atoms with Gasteiger partial charge in [-0.05, 0) is 29.8 Å². The molecule has 2 fully saturated rings. The maximum Gasteiger partial charge on any atom is 0.416 e. The molecule has 2 aromatic carbocycles. The van der Waals surface area contributed by atoms with Gasteiger partial charge < -0.3 is 15.0 Å². The smallest absolute Gasteiger partial charge is 0.416 e. The Morgan fingerprint density at radius 1 is 1.08 bits per heavy atom. The van der Waals surface area contributed by atoms with Crippen molar-refractivity contribution in [2.45, 2.75) is 24.2 Å². The van der Waals surface area contributed by atoms with Crippen molar-refractivity contribution in [1.29, 1.82) is 0 Å². The Labute approximate surface area is 216 Å². The SMILES string of the molecule is COC(=O)[C@]1(Cc2ccccc2)N[C@H](CN(C)C(=O)Nc2ccc(C(F)(F)F)cc2)[C@@H]2C(=O)N(C)C(=O)[C@@H]21. The average molecular weight is 533 g/mol. The van der Waals surface area contributed by atoms with Crippen LogP contribution < -0.4 is 10.6 Å². The maximum absolute atomic E-state index is 13.2. The number of imide groups is 1. The Morgan fingerprint density at radius 3 is 2.29 bits per heavy atom. The fourth-order valence-corrected chi connectivity index (χ4v) is 5.29. The van der Waals surface area contributed by atoms with Gasteiger partial charge in [-0.25, -0.2) is 4.79 Å². The van der Waals surface area contributed by atoms with E-state index in [4.69, 9.17) is 4.74 Å². The number of likely N-dealkylation sites (N-methyl/N-ethyl adjacent to an activating group) is 1. The molecule has 0 bridgehead atoms. The molecule has 0 radical (unpaired) electrons. The zero-order valence-corrected chi connectivity index (χ0v) is 20.9. The number of anilines is 1. The minimum Gasteiger partial charge on any atom is -0.468 e. The summed E-state index contributed by atoms with van der Waals surface area (Å²) in [6.07, 6.45) is -4.43. The number of rotatable bonds is 6. The molecule has 0 aromatic heterocycles. The van der Waals surface area contributed by atoms with Crippen molar-refractivity contribution in [1.82, 2.24) is 15.1 Å². The van der Waals surface area contributed by atoms with Gasteiger partial charge in [0.1, 0.15) is 5.54 Å². The van der Waals surface area contributed by atoms with Crippen LogP contribution in [0.1, 0.15) is 11.1 Å². The van der Waals surface area contributed by atoms with Crippen LogP contribution >= 0.6 is 0 Å². The number of urea groups is 1. The highest BCUT2D eigenvalue weighted by Gasteiger charge is 2.68. The molecule has 0 spiro atoms. The number of ether oxygens (including phenoxy) is 1. The number of nitrogens with zero attached hydrogens (tertiary/aromatic N) is 2. The van der Waals surface area contributed by atoms with E-state index in [1.807, 2.05) is 6.07 Å². The summed E-state index contributed by atoms with van der Waals surface area (Å²) < 4.78 is 43.6. The van der Waals surface area contributed by atoms with Gasteiger partial charge in [-0.15, -0.1) is 0 Å². The van der Waals surface area contributed by atoms with Crippen molar-refractivity contribution in [3.63, 3.8) is 0 Å². The van der Waals surface area contributed by atoms with Gasteiger partial charge in [-0.2, -0.15) is 13.2 Å². The van der Waals surface area contributed by atoms with Crippen LogP contribution in [0, 0.1) is 11.8 Å². The van der Waals surface area contributed by atoms with Crippen molar-refractivity contribution in [2.75, 3.05) is 33.1 Å². The molecule has 2 saturated heterocycles. The Bertz CT molecular complexity index is 1240. The van der Waals surface area contributed by atoms with Crippen molar-refractivity contribution < 1.29 is 37.1 Å². The third kappa shape index (κ3) is 4.83.